The Balaban J connectivity index is 2.36. The van der Waals surface area contributed by atoms with Gasteiger partial charge in [0.05, 0.1) is 5.69 Å². The van der Waals surface area contributed by atoms with Gasteiger partial charge in [-0.05, 0) is 37.4 Å². The van der Waals surface area contributed by atoms with Gasteiger partial charge < -0.3 is 4.74 Å². The van der Waals surface area contributed by atoms with Crippen LogP contribution in [-0.2, 0) is 4.74 Å². The molecule has 116 valence electrons. The van der Waals surface area contributed by atoms with Crippen molar-refractivity contribution >= 4 is 29.3 Å². The van der Waals surface area contributed by atoms with Crippen molar-refractivity contribution in [2.45, 2.75) is 6.92 Å². The smallest absolute Gasteiger partial charge is 0.362 e. The van der Waals surface area contributed by atoms with E-state index in [-0.39, 0.29) is 12.3 Å². The van der Waals surface area contributed by atoms with Crippen molar-refractivity contribution in [1.82, 2.24) is 9.78 Å². The minimum absolute atomic E-state index is 0.221. The van der Waals surface area contributed by atoms with Crippen LogP contribution in [0.3, 0.4) is 0 Å². The van der Waals surface area contributed by atoms with E-state index in [9.17, 15) is 9.59 Å². The Morgan fingerprint density at radius 3 is 2.68 bits per heavy atom. The zero-order valence-electron chi connectivity index (χ0n) is 12.2. The maximum absolute atomic E-state index is 12.0. The number of hydrogen-bond donors (Lipinski definition) is 0. The van der Waals surface area contributed by atoms with Gasteiger partial charge in [-0.2, -0.15) is 16.9 Å². The van der Waals surface area contributed by atoms with Crippen LogP contribution in [0.2, 0.25) is 5.02 Å². The van der Waals surface area contributed by atoms with Gasteiger partial charge in [0.2, 0.25) is 11.1 Å². The van der Waals surface area contributed by atoms with Crippen molar-refractivity contribution in [2.75, 3.05) is 18.6 Å². The number of benzene rings is 1. The third kappa shape index (κ3) is 3.90. The van der Waals surface area contributed by atoms with Crippen LogP contribution >= 0.6 is 23.4 Å². The number of carbonyl (C=O) groups excluding carboxylic acids is 1. The van der Waals surface area contributed by atoms with Crippen molar-refractivity contribution in [2.24, 2.45) is 0 Å². The molecule has 0 spiro atoms. The molecule has 0 amide bonds. The summed E-state index contributed by atoms with van der Waals surface area (Å²) < 4.78 is 6.56. The van der Waals surface area contributed by atoms with Crippen LogP contribution in [0.15, 0.2) is 35.1 Å². The van der Waals surface area contributed by atoms with Gasteiger partial charge in [-0.3, -0.25) is 4.79 Å². The minimum Gasteiger partial charge on any atom is -0.460 e. The molecule has 0 radical (unpaired) electrons. The van der Waals surface area contributed by atoms with Gasteiger partial charge in [-0.25, -0.2) is 9.48 Å². The highest BCUT2D eigenvalue weighted by Gasteiger charge is 2.16. The summed E-state index contributed by atoms with van der Waals surface area (Å²) in [6, 6.07) is 8.32. The predicted octanol–water partition coefficient (Wildman–Crippen LogP) is 2.71. The molecule has 1 aromatic carbocycles. The van der Waals surface area contributed by atoms with Gasteiger partial charge in [-0.1, -0.05) is 11.6 Å². The number of hydrogen-bond acceptors (Lipinski definition) is 5. The first-order valence-corrected chi connectivity index (χ1v) is 8.33. The van der Waals surface area contributed by atoms with Gasteiger partial charge in [-0.15, -0.1) is 0 Å². The second-order valence-electron chi connectivity index (χ2n) is 4.52. The van der Waals surface area contributed by atoms with E-state index in [4.69, 9.17) is 16.3 Å². The molecule has 0 aliphatic heterocycles. The normalized spacial score (nSPS) is 10.5. The second-order valence-corrected chi connectivity index (χ2v) is 5.94. The molecule has 0 saturated heterocycles. The monoisotopic (exact) mass is 338 g/mol. The Morgan fingerprint density at radius 1 is 1.36 bits per heavy atom. The molecule has 0 fully saturated rings. The molecule has 2 rings (SSSR count). The summed E-state index contributed by atoms with van der Waals surface area (Å²) in [5.41, 5.74) is 0.659. The topological polar surface area (TPSA) is 61.2 Å². The van der Waals surface area contributed by atoms with Gasteiger partial charge in [0.1, 0.15) is 6.61 Å². The van der Waals surface area contributed by atoms with Crippen LogP contribution in [-0.4, -0.2) is 34.4 Å². The summed E-state index contributed by atoms with van der Waals surface area (Å²) in [7, 11) is 0. The Kier molecular flexibility index (Phi) is 5.63. The van der Waals surface area contributed by atoms with Crippen LogP contribution in [0, 0.1) is 6.92 Å². The lowest BCUT2D eigenvalue weighted by atomic mass is 10.3. The average molecular weight is 339 g/mol. The summed E-state index contributed by atoms with van der Waals surface area (Å²) in [6.07, 6.45) is 1.91. The first-order valence-electron chi connectivity index (χ1n) is 6.56. The second kappa shape index (κ2) is 7.47. The molecular formula is C15H15ClN2O3S. The molecule has 7 heteroatoms. The third-order valence-electron chi connectivity index (χ3n) is 2.89. The molecule has 2 aromatic rings. The molecule has 0 unspecified atom stereocenters. The lowest BCUT2D eigenvalue weighted by Crippen LogP contribution is -2.24. The van der Waals surface area contributed by atoms with E-state index < -0.39 is 11.4 Å². The number of carbonyl (C=O) groups is 1. The van der Waals surface area contributed by atoms with Crippen LogP contribution in [0.25, 0.3) is 5.69 Å². The molecule has 0 bridgehead atoms. The molecule has 1 heterocycles. The van der Waals surface area contributed by atoms with E-state index in [0.717, 1.165) is 0 Å². The van der Waals surface area contributed by atoms with Crippen LogP contribution in [0.4, 0.5) is 0 Å². The number of aromatic nitrogens is 2. The highest BCUT2D eigenvalue weighted by Crippen LogP contribution is 2.13. The van der Waals surface area contributed by atoms with Crippen molar-refractivity contribution in [3.63, 3.8) is 0 Å². The van der Waals surface area contributed by atoms with Gasteiger partial charge >= 0.3 is 5.97 Å². The average Bonchev–Trinajstić information content (AvgIpc) is 2.48. The molecular weight excluding hydrogens is 324 g/mol. The third-order valence-corrected chi connectivity index (χ3v) is 3.72. The summed E-state index contributed by atoms with van der Waals surface area (Å²) in [5.74, 6) is -0.0371. The number of halogens is 1. The van der Waals surface area contributed by atoms with Crippen molar-refractivity contribution in [3.8, 4) is 5.69 Å². The fourth-order valence-corrected chi connectivity index (χ4v) is 2.19. The predicted molar refractivity (Wildman–Crippen MR) is 88.2 cm³/mol. The molecule has 1 aromatic heterocycles. The van der Waals surface area contributed by atoms with Crippen LogP contribution < -0.4 is 5.43 Å². The number of esters is 1. The SMILES string of the molecule is CSCCOC(=O)c1nn(-c2ccc(Cl)cc2)c(C)cc1=O. The van der Waals surface area contributed by atoms with Crippen molar-refractivity contribution < 1.29 is 9.53 Å². The first kappa shape index (κ1) is 16.6. The molecule has 5 nitrogen and oxygen atoms in total. The Hall–Kier alpha value is -1.79. The lowest BCUT2D eigenvalue weighted by Gasteiger charge is -2.11. The van der Waals surface area contributed by atoms with E-state index >= 15 is 0 Å². The number of nitrogens with zero attached hydrogens (tertiary/aromatic N) is 2. The zero-order chi connectivity index (χ0) is 16.1. The standard InChI is InChI=1S/C15H15ClN2O3S/c1-10-9-13(19)14(15(20)21-7-8-22-2)17-18(10)12-5-3-11(16)4-6-12/h3-6,9H,7-8H2,1-2H3. The first-order chi connectivity index (χ1) is 10.5. The number of aryl methyl sites for hydroxylation is 1. The molecule has 0 N–H and O–H groups in total. The quantitative estimate of drug-likeness (QED) is 0.619. The largest absolute Gasteiger partial charge is 0.460 e. The fraction of sp³-hybridized carbons (Fsp3) is 0.267. The summed E-state index contributed by atoms with van der Waals surface area (Å²) >= 11 is 7.41. The molecule has 0 atom stereocenters. The van der Waals surface area contributed by atoms with E-state index in [1.54, 1.807) is 43.0 Å². The van der Waals surface area contributed by atoms with Crippen LogP contribution in [0.1, 0.15) is 16.2 Å². The van der Waals surface area contributed by atoms with E-state index in [0.29, 0.717) is 22.2 Å². The summed E-state index contributed by atoms with van der Waals surface area (Å²) in [4.78, 5) is 23.9. The maximum Gasteiger partial charge on any atom is 0.362 e. The highest BCUT2D eigenvalue weighted by atomic mass is 35.5. The Bertz CT molecular complexity index is 729. The molecule has 22 heavy (non-hydrogen) atoms. The molecule has 0 aliphatic rings. The van der Waals surface area contributed by atoms with Gasteiger partial charge in [0.15, 0.2) is 0 Å². The summed E-state index contributed by atoms with van der Waals surface area (Å²) in [5, 5.41) is 4.73. The van der Waals surface area contributed by atoms with E-state index in [2.05, 4.69) is 5.10 Å². The lowest BCUT2D eigenvalue weighted by molar-refractivity contribution is 0.0519. The number of rotatable bonds is 5. The van der Waals surface area contributed by atoms with Crippen molar-refractivity contribution in [1.29, 1.82) is 0 Å². The Labute approximate surface area is 137 Å². The van der Waals surface area contributed by atoms with E-state index in [1.807, 2.05) is 6.26 Å². The van der Waals surface area contributed by atoms with E-state index in [1.165, 1.54) is 10.7 Å². The van der Waals surface area contributed by atoms with Gasteiger partial charge in [0, 0.05) is 22.5 Å². The zero-order valence-corrected chi connectivity index (χ0v) is 13.8. The highest BCUT2D eigenvalue weighted by molar-refractivity contribution is 7.98. The van der Waals surface area contributed by atoms with Crippen molar-refractivity contribution in [3.05, 3.63) is 57.0 Å². The number of ether oxygens (including phenoxy) is 1. The summed E-state index contributed by atoms with van der Waals surface area (Å²) in [6.45, 7) is 1.99. The number of thioether (sulfide) groups is 1. The fourth-order valence-electron chi connectivity index (χ4n) is 1.82. The van der Waals surface area contributed by atoms with Gasteiger partial charge in [0.25, 0.3) is 0 Å². The minimum atomic E-state index is -0.707. The Morgan fingerprint density at radius 2 is 2.05 bits per heavy atom. The molecule has 0 aliphatic carbocycles. The maximum atomic E-state index is 12.0. The molecule has 0 saturated carbocycles. The van der Waals surface area contributed by atoms with Crippen LogP contribution in [0.5, 0.6) is 0 Å².